The van der Waals surface area contributed by atoms with Crippen molar-refractivity contribution in [1.29, 1.82) is 0 Å². The van der Waals surface area contributed by atoms with Crippen molar-refractivity contribution in [2.24, 2.45) is 0 Å². The zero-order valence-electron chi connectivity index (χ0n) is 15.6. The van der Waals surface area contributed by atoms with Crippen LogP contribution in [-0.4, -0.2) is 44.0 Å². The van der Waals surface area contributed by atoms with E-state index in [2.05, 4.69) is 5.32 Å². The Morgan fingerprint density at radius 3 is 2.48 bits per heavy atom. The largest absolute Gasteiger partial charge is 0.493 e. The lowest BCUT2D eigenvalue weighted by Crippen LogP contribution is -2.38. The van der Waals surface area contributed by atoms with Crippen LogP contribution < -0.4 is 14.8 Å². The number of rotatable bonds is 7. The van der Waals surface area contributed by atoms with Crippen molar-refractivity contribution >= 4 is 11.8 Å². The Morgan fingerprint density at radius 1 is 1.11 bits per heavy atom. The molecule has 0 aliphatic carbocycles. The molecule has 1 saturated heterocycles. The van der Waals surface area contributed by atoms with E-state index < -0.39 is 0 Å². The van der Waals surface area contributed by atoms with Crippen LogP contribution in [0.3, 0.4) is 0 Å². The topological polar surface area (TPSA) is 67.9 Å². The molecule has 0 bridgehead atoms. The molecule has 1 fully saturated rings. The van der Waals surface area contributed by atoms with E-state index in [-0.39, 0.29) is 17.9 Å². The van der Waals surface area contributed by atoms with E-state index in [9.17, 15) is 9.59 Å². The highest BCUT2D eigenvalue weighted by atomic mass is 16.5. The fourth-order valence-corrected chi connectivity index (χ4v) is 3.26. The smallest absolute Gasteiger partial charge is 0.251 e. The molecule has 0 spiro atoms. The summed E-state index contributed by atoms with van der Waals surface area (Å²) in [4.78, 5) is 26.7. The second kappa shape index (κ2) is 8.58. The van der Waals surface area contributed by atoms with Gasteiger partial charge in [0.05, 0.1) is 20.3 Å². The summed E-state index contributed by atoms with van der Waals surface area (Å²) < 4.78 is 10.5. The van der Waals surface area contributed by atoms with Crippen molar-refractivity contribution in [3.8, 4) is 11.5 Å². The fraction of sp³-hybridized carbons (Fsp3) is 0.333. The number of amides is 2. The van der Waals surface area contributed by atoms with Crippen LogP contribution in [-0.2, 0) is 4.79 Å². The average molecular weight is 368 g/mol. The number of methoxy groups -OCH3 is 2. The van der Waals surface area contributed by atoms with E-state index in [1.165, 1.54) is 7.11 Å². The predicted molar refractivity (Wildman–Crippen MR) is 102 cm³/mol. The monoisotopic (exact) mass is 368 g/mol. The molecule has 6 heteroatoms. The number of hydrogen-bond donors (Lipinski definition) is 1. The summed E-state index contributed by atoms with van der Waals surface area (Å²) in [6, 6.07) is 14.5. The summed E-state index contributed by atoms with van der Waals surface area (Å²) in [6.45, 7) is 1.19. The number of carbonyl (C=O) groups excluding carboxylic acids is 2. The van der Waals surface area contributed by atoms with Crippen molar-refractivity contribution < 1.29 is 19.1 Å². The molecule has 1 atom stereocenters. The van der Waals surface area contributed by atoms with Gasteiger partial charge in [0, 0.05) is 25.1 Å². The van der Waals surface area contributed by atoms with E-state index in [0.29, 0.717) is 30.0 Å². The standard InChI is InChI=1S/C21H24N2O4/c1-26-18-11-10-16(13-19(18)27-2)21(25)22-17(15-7-4-3-5-8-15)14-23-12-6-9-20(23)24/h3-5,7-8,10-11,13,17H,6,9,12,14H2,1-2H3,(H,22,25)/t17-/m0/s1. The van der Waals surface area contributed by atoms with Gasteiger partial charge in [-0.2, -0.15) is 0 Å². The number of carbonyl (C=O) groups is 2. The molecular weight excluding hydrogens is 344 g/mol. The Balaban J connectivity index is 1.81. The number of ether oxygens (including phenoxy) is 2. The van der Waals surface area contributed by atoms with E-state index in [0.717, 1.165) is 18.5 Å². The van der Waals surface area contributed by atoms with E-state index in [4.69, 9.17) is 9.47 Å². The molecule has 0 radical (unpaired) electrons. The minimum Gasteiger partial charge on any atom is -0.493 e. The molecule has 6 nitrogen and oxygen atoms in total. The summed E-state index contributed by atoms with van der Waals surface area (Å²) in [5.41, 5.74) is 1.44. The summed E-state index contributed by atoms with van der Waals surface area (Å²) in [6.07, 6.45) is 1.44. The number of nitrogens with zero attached hydrogens (tertiary/aromatic N) is 1. The molecule has 1 N–H and O–H groups in total. The van der Waals surface area contributed by atoms with Gasteiger partial charge in [-0.1, -0.05) is 30.3 Å². The maximum atomic E-state index is 12.8. The van der Waals surface area contributed by atoms with Crippen LogP contribution in [0, 0.1) is 0 Å². The molecule has 1 heterocycles. The minimum absolute atomic E-state index is 0.135. The SMILES string of the molecule is COc1ccc(C(=O)N[C@@H](CN2CCCC2=O)c2ccccc2)cc1OC. The van der Waals surface area contributed by atoms with E-state index in [1.807, 2.05) is 35.2 Å². The second-order valence-electron chi connectivity index (χ2n) is 6.45. The van der Waals surface area contributed by atoms with Gasteiger partial charge < -0.3 is 19.7 Å². The number of benzene rings is 2. The zero-order valence-corrected chi connectivity index (χ0v) is 15.6. The van der Waals surface area contributed by atoms with Crippen molar-refractivity contribution in [1.82, 2.24) is 10.2 Å². The van der Waals surface area contributed by atoms with Crippen LogP contribution in [0.15, 0.2) is 48.5 Å². The van der Waals surface area contributed by atoms with Gasteiger partial charge in [0.15, 0.2) is 11.5 Å². The summed E-state index contributed by atoms with van der Waals surface area (Å²) in [5.74, 6) is 0.972. The van der Waals surface area contributed by atoms with Crippen LogP contribution >= 0.6 is 0 Å². The minimum atomic E-state index is -0.283. The lowest BCUT2D eigenvalue weighted by Gasteiger charge is -2.25. The van der Waals surface area contributed by atoms with Crippen molar-refractivity contribution in [2.45, 2.75) is 18.9 Å². The Kier molecular flexibility index (Phi) is 5.96. The van der Waals surface area contributed by atoms with Gasteiger partial charge in [-0.3, -0.25) is 9.59 Å². The van der Waals surface area contributed by atoms with Crippen LogP contribution in [0.5, 0.6) is 11.5 Å². The molecule has 27 heavy (non-hydrogen) atoms. The molecule has 2 amide bonds. The van der Waals surface area contributed by atoms with Crippen LogP contribution in [0.4, 0.5) is 0 Å². The zero-order chi connectivity index (χ0) is 19.2. The van der Waals surface area contributed by atoms with E-state index in [1.54, 1.807) is 25.3 Å². The van der Waals surface area contributed by atoms with Crippen molar-refractivity contribution in [2.75, 3.05) is 27.3 Å². The quantitative estimate of drug-likeness (QED) is 0.816. The highest BCUT2D eigenvalue weighted by molar-refractivity contribution is 5.95. The van der Waals surface area contributed by atoms with Gasteiger partial charge in [-0.05, 0) is 30.2 Å². The third-order valence-corrected chi connectivity index (χ3v) is 4.73. The van der Waals surface area contributed by atoms with Gasteiger partial charge in [0.25, 0.3) is 5.91 Å². The van der Waals surface area contributed by atoms with Crippen molar-refractivity contribution in [3.05, 3.63) is 59.7 Å². The highest BCUT2D eigenvalue weighted by Crippen LogP contribution is 2.28. The lowest BCUT2D eigenvalue weighted by molar-refractivity contribution is -0.128. The van der Waals surface area contributed by atoms with Crippen LogP contribution in [0.1, 0.15) is 34.8 Å². The first-order valence-corrected chi connectivity index (χ1v) is 8.98. The Hall–Kier alpha value is -3.02. The maximum Gasteiger partial charge on any atom is 0.251 e. The molecule has 142 valence electrons. The number of hydrogen-bond acceptors (Lipinski definition) is 4. The third-order valence-electron chi connectivity index (χ3n) is 4.73. The van der Waals surface area contributed by atoms with Crippen molar-refractivity contribution in [3.63, 3.8) is 0 Å². The first kappa shape index (κ1) is 18.8. The molecule has 0 unspecified atom stereocenters. The maximum absolute atomic E-state index is 12.8. The van der Waals surface area contributed by atoms with Gasteiger partial charge in [0.2, 0.25) is 5.91 Å². The lowest BCUT2D eigenvalue weighted by atomic mass is 10.1. The second-order valence-corrected chi connectivity index (χ2v) is 6.45. The Morgan fingerprint density at radius 2 is 1.85 bits per heavy atom. The molecule has 0 saturated carbocycles. The molecule has 0 aromatic heterocycles. The van der Waals surface area contributed by atoms with Gasteiger partial charge in [0.1, 0.15) is 0 Å². The first-order chi connectivity index (χ1) is 13.1. The molecule has 2 aromatic rings. The highest BCUT2D eigenvalue weighted by Gasteiger charge is 2.25. The van der Waals surface area contributed by atoms with Gasteiger partial charge >= 0.3 is 0 Å². The van der Waals surface area contributed by atoms with Gasteiger partial charge in [-0.15, -0.1) is 0 Å². The normalized spacial score (nSPS) is 14.7. The van der Waals surface area contributed by atoms with E-state index >= 15 is 0 Å². The van der Waals surface area contributed by atoms with Crippen LogP contribution in [0.25, 0.3) is 0 Å². The Labute approximate surface area is 159 Å². The molecular formula is C21H24N2O4. The Bertz CT molecular complexity index is 807. The molecule has 1 aliphatic rings. The summed E-state index contributed by atoms with van der Waals surface area (Å²) in [7, 11) is 3.08. The number of likely N-dealkylation sites (tertiary alicyclic amines) is 1. The number of nitrogens with one attached hydrogen (secondary N) is 1. The van der Waals surface area contributed by atoms with Gasteiger partial charge in [-0.25, -0.2) is 0 Å². The van der Waals surface area contributed by atoms with Crippen LogP contribution in [0.2, 0.25) is 0 Å². The molecule has 3 rings (SSSR count). The summed E-state index contributed by atoms with van der Waals surface area (Å²) >= 11 is 0. The average Bonchev–Trinajstić information content (AvgIpc) is 3.12. The molecule has 2 aromatic carbocycles. The summed E-state index contributed by atoms with van der Waals surface area (Å²) in [5, 5.41) is 3.06. The first-order valence-electron chi connectivity index (χ1n) is 8.98. The fourth-order valence-electron chi connectivity index (χ4n) is 3.26. The third kappa shape index (κ3) is 4.39. The molecule has 1 aliphatic heterocycles. The predicted octanol–water partition coefficient (Wildman–Crippen LogP) is 2.80.